The molecular weight excluding hydrogens is 390 g/mol. The van der Waals surface area contributed by atoms with Gasteiger partial charge in [0.25, 0.3) is 5.22 Å². The van der Waals surface area contributed by atoms with Crippen LogP contribution in [-0.2, 0) is 11.3 Å². The predicted molar refractivity (Wildman–Crippen MR) is 111 cm³/mol. The van der Waals surface area contributed by atoms with E-state index >= 15 is 0 Å². The highest BCUT2D eigenvalue weighted by Crippen LogP contribution is 2.25. The summed E-state index contributed by atoms with van der Waals surface area (Å²) in [5, 5.41) is 8.43. The number of amides is 1. The van der Waals surface area contributed by atoms with Crippen LogP contribution >= 0.6 is 11.8 Å². The van der Waals surface area contributed by atoms with Crippen molar-refractivity contribution < 1.29 is 18.7 Å². The summed E-state index contributed by atoms with van der Waals surface area (Å²) in [6.45, 7) is 3.01. The molecule has 152 valence electrons. The largest absolute Gasteiger partial charge is 0.496 e. The van der Waals surface area contributed by atoms with Gasteiger partial charge < -0.3 is 18.8 Å². The van der Waals surface area contributed by atoms with Crippen molar-refractivity contribution in [2.45, 2.75) is 18.7 Å². The van der Waals surface area contributed by atoms with Crippen LogP contribution in [0.5, 0.6) is 11.5 Å². The van der Waals surface area contributed by atoms with Gasteiger partial charge in [-0.25, -0.2) is 0 Å². The number of methoxy groups -OCH3 is 1. The molecule has 1 amide bonds. The van der Waals surface area contributed by atoms with Gasteiger partial charge in [0, 0.05) is 24.7 Å². The Labute approximate surface area is 174 Å². The van der Waals surface area contributed by atoms with Gasteiger partial charge in [-0.1, -0.05) is 30.0 Å². The van der Waals surface area contributed by atoms with Gasteiger partial charge in [0.05, 0.1) is 19.5 Å². The Hall–Kier alpha value is -3.00. The Morgan fingerprint density at radius 2 is 1.90 bits per heavy atom. The monoisotopic (exact) mass is 413 g/mol. The van der Waals surface area contributed by atoms with Gasteiger partial charge >= 0.3 is 0 Å². The zero-order valence-electron chi connectivity index (χ0n) is 16.6. The van der Waals surface area contributed by atoms with Crippen LogP contribution in [0, 0.1) is 0 Å². The SMILES string of the molecule is CCOc1ccc(-c2nnc(SCC(=O)N(C)Cc3ccccc3OC)o2)cc1. The highest BCUT2D eigenvalue weighted by atomic mass is 32.2. The van der Waals surface area contributed by atoms with Crippen LogP contribution in [0.25, 0.3) is 11.5 Å². The summed E-state index contributed by atoms with van der Waals surface area (Å²) < 4.78 is 16.4. The first-order valence-corrected chi connectivity index (χ1v) is 10.1. The summed E-state index contributed by atoms with van der Waals surface area (Å²) in [5.74, 6) is 2.12. The van der Waals surface area contributed by atoms with Gasteiger partial charge in [0.1, 0.15) is 11.5 Å². The second-order valence-corrected chi connectivity index (χ2v) is 7.11. The maximum Gasteiger partial charge on any atom is 0.277 e. The molecule has 0 saturated heterocycles. The molecule has 0 aliphatic rings. The van der Waals surface area contributed by atoms with E-state index in [0.29, 0.717) is 24.3 Å². The Kier molecular flexibility index (Phi) is 7.13. The van der Waals surface area contributed by atoms with E-state index < -0.39 is 0 Å². The molecule has 29 heavy (non-hydrogen) atoms. The molecule has 0 aliphatic carbocycles. The Bertz CT molecular complexity index is 943. The van der Waals surface area contributed by atoms with E-state index in [9.17, 15) is 4.79 Å². The van der Waals surface area contributed by atoms with E-state index in [1.165, 1.54) is 11.8 Å². The fourth-order valence-corrected chi connectivity index (χ4v) is 3.36. The highest BCUT2D eigenvalue weighted by molar-refractivity contribution is 7.99. The maximum atomic E-state index is 12.5. The lowest BCUT2D eigenvalue weighted by molar-refractivity contribution is -0.127. The third-order valence-corrected chi connectivity index (χ3v) is 4.97. The first-order chi connectivity index (χ1) is 14.1. The molecule has 0 saturated carbocycles. The topological polar surface area (TPSA) is 77.7 Å². The Balaban J connectivity index is 1.55. The van der Waals surface area contributed by atoms with Crippen molar-refractivity contribution in [3.8, 4) is 23.0 Å². The zero-order valence-corrected chi connectivity index (χ0v) is 17.4. The minimum absolute atomic E-state index is 0.0401. The number of thioether (sulfide) groups is 1. The molecule has 3 rings (SSSR count). The van der Waals surface area contributed by atoms with Gasteiger partial charge in [0.15, 0.2) is 0 Å². The van der Waals surface area contributed by atoms with E-state index in [1.807, 2.05) is 55.5 Å². The minimum atomic E-state index is -0.0401. The normalized spacial score (nSPS) is 10.6. The molecule has 0 spiro atoms. The van der Waals surface area contributed by atoms with Gasteiger partial charge in [-0.3, -0.25) is 4.79 Å². The zero-order chi connectivity index (χ0) is 20.6. The lowest BCUT2D eigenvalue weighted by Gasteiger charge is -2.18. The molecule has 0 radical (unpaired) electrons. The number of hydrogen-bond donors (Lipinski definition) is 0. The van der Waals surface area contributed by atoms with Gasteiger partial charge in [-0.2, -0.15) is 0 Å². The second-order valence-electron chi connectivity index (χ2n) is 6.18. The number of carbonyl (C=O) groups excluding carboxylic acids is 1. The Morgan fingerprint density at radius 3 is 2.62 bits per heavy atom. The molecule has 0 unspecified atom stereocenters. The number of nitrogens with zero attached hydrogens (tertiary/aromatic N) is 3. The number of para-hydroxylation sites is 1. The van der Waals surface area contributed by atoms with E-state index in [1.54, 1.807) is 19.1 Å². The quantitative estimate of drug-likeness (QED) is 0.492. The predicted octanol–water partition coefficient (Wildman–Crippen LogP) is 3.89. The summed E-state index contributed by atoms with van der Waals surface area (Å²) in [6.07, 6.45) is 0. The van der Waals surface area contributed by atoms with Crippen LogP contribution < -0.4 is 9.47 Å². The summed E-state index contributed by atoms with van der Waals surface area (Å²) in [5.41, 5.74) is 1.75. The number of aromatic nitrogens is 2. The number of carbonyl (C=O) groups is 1. The molecule has 2 aromatic carbocycles. The second kappa shape index (κ2) is 9.97. The van der Waals surface area contributed by atoms with E-state index in [0.717, 1.165) is 22.6 Å². The lowest BCUT2D eigenvalue weighted by Crippen LogP contribution is -2.28. The number of benzene rings is 2. The fourth-order valence-electron chi connectivity index (χ4n) is 2.66. The van der Waals surface area contributed by atoms with Crippen molar-refractivity contribution >= 4 is 17.7 Å². The van der Waals surface area contributed by atoms with Crippen LogP contribution in [0.4, 0.5) is 0 Å². The lowest BCUT2D eigenvalue weighted by atomic mass is 10.2. The van der Waals surface area contributed by atoms with Crippen molar-refractivity contribution in [3.05, 3.63) is 54.1 Å². The molecule has 1 heterocycles. The van der Waals surface area contributed by atoms with Crippen molar-refractivity contribution in [1.29, 1.82) is 0 Å². The van der Waals surface area contributed by atoms with Crippen molar-refractivity contribution in [2.75, 3.05) is 26.5 Å². The van der Waals surface area contributed by atoms with Crippen LogP contribution in [0.15, 0.2) is 58.2 Å². The molecule has 0 N–H and O–H groups in total. The summed E-state index contributed by atoms with van der Waals surface area (Å²) in [4.78, 5) is 14.1. The fraction of sp³-hybridized carbons (Fsp3) is 0.286. The first-order valence-electron chi connectivity index (χ1n) is 9.16. The average molecular weight is 413 g/mol. The Morgan fingerprint density at radius 1 is 1.14 bits per heavy atom. The van der Waals surface area contributed by atoms with Crippen LogP contribution in [0.2, 0.25) is 0 Å². The van der Waals surface area contributed by atoms with E-state index in [4.69, 9.17) is 13.9 Å². The molecule has 1 aromatic heterocycles. The number of rotatable bonds is 9. The van der Waals surface area contributed by atoms with E-state index in [-0.39, 0.29) is 11.7 Å². The number of hydrogen-bond acceptors (Lipinski definition) is 7. The molecule has 7 nitrogen and oxygen atoms in total. The van der Waals surface area contributed by atoms with Crippen LogP contribution in [0.1, 0.15) is 12.5 Å². The molecule has 3 aromatic rings. The minimum Gasteiger partial charge on any atom is -0.496 e. The van der Waals surface area contributed by atoms with Gasteiger partial charge in [-0.15, -0.1) is 10.2 Å². The summed E-state index contributed by atoms with van der Waals surface area (Å²) >= 11 is 1.22. The molecule has 0 aliphatic heterocycles. The molecular formula is C21H23N3O4S. The molecule has 0 fully saturated rings. The first kappa shape index (κ1) is 20.7. The smallest absolute Gasteiger partial charge is 0.277 e. The third kappa shape index (κ3) is 5.51. The van der Waals surface area contributed by atoms with Crippen molar-refractivity contribution in [2.24, 2.45) is 0 Å². The van der Waals surface area contributed by atoms with Crippen molar-refractivity contribution in [1.82, 2.24) is 15.1 Å². The summed E-state index contributed by atoms with van der Waals surface area (Å²) in [7, 11) is 3.38. The number of ether oxygens (including phenoxy) is 2. The third-order valence-electron chi connectivity index (χ3n) is 4.16. The molecule has 8 heteroatoms. The van der Waals surface area contributed by atoms with E-state index in [2.05, 4.69) is 10.2 Å². The average Bonchev–Trinajstić information content (AvgIpc) is 3.22. The highest BCUT2D eigenvalue weighted by Gasteiger charge is 2.15. The molecule has 0 atom stereocenters. The van der Waals surface area contributed by atoms with Crippen molar-refractivity contribution in [3.63, 3.8) is 0 Å². The standard InChI is InChI=1S/C21H23N3O4S/c1-4-27-17-11-9-15(10-12-17)20-22-23-21(28-20)29-14-19(25)24(2)13-16-7-5-6-8-18(16)26-3/h5-12H,4,13-14H2,1-3H3. The van der Waals surface area contributed by atoms with Crippen LogP contribution in [0.3, 0.4) is 0 Å². The molecule has 0 bridgehead atoms. The van der Waals surface area contributed by atoms with Gasteiger partial charge in [0.2, 0.25) is 11.8 Å². The summed E-state index contributed by atoms with van der Waals surface area (Å²) in [6, 6.07) is 15.1. The van der Waals surface area contributed by atoms with Gasteiger partial charge in [-0.05, 0) is 37.3 Å². The maximum absolute atomic E-state index is 12.5. The van der Waals surface area contributed by atoms with Crippen LogP contribution in [-0.4, -0.2) is 47.5 Å².